The van der Waals surface area contributed by atoms with E-state index < -0.39 is 0 Å². The van der Waals surface area contributed by atoms with Gasteiger partial charge in [0.05, 0.1) is 5.41 Å². The molecule has 1 fully saturated rings. The van der Waals surface area contributed by atoms with Crippen LogP contribution in [0.25, 0.3) is 11.4 Å². The van der Waals surface area contributed by atoms with E-state index in [2.05, 4.69) is 15.5 Å². The van der Waals surface area contributed by atoms with Gasteiger partial charge in [0.1, 0.15) is 6.33 Å². The molecular weight excluding hydrogens is 266 g/mol. The summed E-state index contributed by atoms with van der Waals surface area (Å²) in [5, 5.41) is 10.9. The van der Waals surface area contributed by atoms with E-state index in [0.29, 0.717) is 6.54 Å². The van der Waals surface area contributed by atoms with Crippen LogP contribution in [-0.4, -0.2) is 27.2 Å². The lowest BCUT2D eigenvalue weighted by Gasteiger charge is -2.39. The lowest BCUT2D eigenvalue weighted by Crippen LogP contribution is -2.47. The van der Waals surface area contributed by atoms with Gasteiger partial charge in [0.25, 0.3) is 0 Å². The molecule has 2 aromatic rings. The lowest BCUT2D eigenvalue weighted by molar-refractivity contribution is -0.129. The Kier molecular flexibility index (Phi) is 3.47. The number of hydrogen-bond donors (Lipinski definition) is 2. The molecule has 0 spiro atoms. The van der Waals surface area contributed by atoms with Crippen molar-refractivity contribution in [3.05, 3.63) is 30.6 Å². The number of amides is 1. The van der Waals surface area contributed by atoms with Gasteiger partial charge in [-0.1, -0.05) is 18.6 Å². The highest BCUT2D eigenvalue weighted by Crippen LogP contribution is 2.40. The Hall–Kier alpha value is -2.21. The Labute approximate surface area is 123 Å². The highest BCUT2D eigenvalue weighted by atomic mass is 16.2. The Balaban J connectivity index is 1.81. The van der Waals surface area contributed by atoms with Crippen molar-refractivity contribution in [2.75, 3.05) is 11.9 Å². The molecule has 1 aromatic heterocycles. The van der Waals surface area contributed by atoms with Gasteiger partial charge in [-0.2, -0.15) is 0 Å². The summed E-state index contributed by atoms with van der Waals surface area (Å²) in [6.07, 6.45) is 4.47. The van der Waals surface area contributed by atoms with Crippen LogP contribution in [0.5, 0.6) is 0 Å². The molecule has 1 amide bonds. The van der Waals surface area contributed by atoms with Gasteiger partial charge >= 0.3 is 0 Å². The Morgan fingerprint density at radius 3 is 2.86 bits per heavy atom. The zero-order valence-corrected chi connectivity index (χ0v) is 12.0. The molecule has 6 nitrogen and oxygen atoms in total. The zero-order chi connectivity index (χ0) is 14.9. The van der Waals surface area contributed by atoms with Gasteiger partial charge in [0.15, 0.2) is 5.82 Å². The molecule has 21 heavy (non-hydrogen) atoms. The second-order valence-electron chi connectivity index (χ2n) is 5.64. The summed E-state index contributed by atoms with van der Waals surface area (Å²) in [7, 11) is 1.89. The first kappa shape index (κ1) is 13.8. The molecule has 1 aromatic carbocycles. The van der Waals surface area contributed by atoms with Crippen LogP contribution in [-0.2, 0) is 11.8 Å². The van der Waals surface area contributed by atoms with E-state index in [1.165, 1.54) is 0 Å². The number of aryl methyl sites for hydroxylation is 1. The largest absolute Gasteiger partial charge is 0.329 e. The molecule has 0 atom stereocenters. The fraction of sp³-hybridized carbons (Fsp3) is 0.400. The third-order valence-electron chi connectivity index (χ3n) is 4.27. The molecular formula is C15H19N5O. The van der Waals surface area contributed by atoms with Crippen molar-refractivity contribution in [1.82, 2.24) is 14.8 Å². The minimum absolute atomic E-state index is 0.0198. The zero-order valence-electron chi connectivity index (χ0n) is 12.0. The van der Waals surface area contributed by atoms with Crippen LogP contribution in [0.1, 0.15) is 19.3 Å². The van der Waals surface area contributed by atoms with Gasteiger partial charge < -0.3 is 15.6 Å². The van der Waals surface area contributed by atoms with Crippen LogP contribution in [0, 0.1) is 5.41 Å². The number of carbonyl (C=O) groups excluding carboxylic acids is 1. The first-order valence-corrected chi connectivity index (χ1v) is 7.11. The van der Waals surface area contributed by atoms with Crippen LogP contribution in [0.15, 0.2) is 30.6 Å². The van der Waals surface area contributed by atoms with Gasteiger partial charge in [-0.15, -0.1) is 10.2 Å². The molecule has 6 heteroatoms. The number of anilines is 1. The number of nitrogens with one attached hydrogen (secondary N) is 1. The first-order valence-electron chi connectivity index (χ1n) is 7.11. The molecule has 0 aliphatic heterocycles. The number of aromatic nitrogens is 3. The SMILES string of the molecule is Cn1cnnc1-c1cccc(NC(=O)C2(CN)CCC2)c1. The van der Waals surface area contributed by atoms with Gasteiger partial charge in [0, 0.05) is 24.8 Å². The topological polar surface area (TPSA) is 85.8 Å². The molecule has 0 unspecified atom stereocenters. The van der Waals surface area contributed by atoms with E-state index in [-0.39, 0.29) is 11.3 Å². The third-order valence-corrected chi connectivity index (χ3v) is 4.27. The van der Waals surface area contributed by atoms with E-state index in [1.54, 1.807) is 6.33 Å². The predicted octanol–water partition coefficient (Wildman–Crippen LogP) is 1.55. The molecule has 0 saturated heterocycles. The number of benzene rings is 1. The van der Waals surface area contributed by atoms with Crippen molar-refractivity contribution < 1.29 is 4.79 Å². The average molecular weight is 285 g/mol. The molecule has 1 saturated carbocycles. The van der Waals surface area contributed by atoms with Crippen molar-refractivity contribution in [1.29, 1.82) is 0 Å². The molecule has 110 valence electrons. The number of hydrogen-bond acceptors (Lipinski definition) is 4. The molecule has 1 heterocycles. The minimum atomic E-state index is -0.374. The molecule has 3 rings (SSSR count). The highest BCUT2D eigenvalue weighted by molar-refractivity contribution is 5.96. The van der Waals surface area contributed by atoms with Crippen molar-refractivity contribution >= 4 is 11.6 Å². The summed E-state index contributed by atoms with van der Waals surface area (Å²) in [5.41, 5.74) is 7.08. The van der Waals surface area contributed by atoms with E-state index in [0.717, 1.165) is 36.3 Å². The van der Waals surface area contributed by atoms with Gasteiger partial charge in [-0.05, 0) is 25.0 Å². The summed E-state index contributed by atoms with van der Waals surface area (Å²) in [6.45, 7) is 0.405. The van der Waals surface area contributed by atoms with Crippen molar-refractivity contribution in [3.8, 4) is 11.4 Å². The first-order chi connectivity index (χ1) is 10.1. The second-order valence-corrected chi connectivity index (χ2v) is 5.64. The molecule has 1 aliphatic carbocycles. The normalized spacial score (nSPS) is 16.3. The van der Waals surface area contributed by atoms with Gasteiger partial charge in [-0.3, -0.25) is 4.79 Å². The monoisotopic (exact) mass is 285 g/mol. The Morgan fingerprint density at radius 2 is 2.29 bits per heavy atom. The predicted molar refractivity (Wildman–Crippen MR) is 80.4 cm³/mol. The minimum Gasteiger partial charge on any atom is -0.329 e. The second kappa shape index (κ2) is 5.29. The summed E-state index contributed by atoms with van der Waals surface area (Å²) >= 11 is 0. The number of nitrogens with two attached hydrogens (primary N) is 1. The van der Waals surface area contributed by atoms with Crippen molar-refractivity contribution in [3.63, 3.8) is 0 Å². The molecule has 0 radical (unpaired) electrons. The van der Waals surface area contributed by atoms with E-state index in [1.807, 2.05) is 35.9 Å². The maximum Gasteiger partial charge on any atom is 0.231 e. The molecule has 0 bridgehead atoms. The van der Waals surface area contributed by atoms with Crippen LogP contribution >= 0.6 is 0 Å². The van der Waals surface area contributed by atoms with Gasteiger partial charge in [0.2, 0.25) is 5.91 Å². The summed E-state index contributed by atoms with van der Waals surface area (Å²) < 4.78 is 1.84. The van der Waals surface area contributed by atoms with Crippen molar-refractivity contribution in [2.45, 2.75) is 19.3 Å². The summed E-state index contributed by atoms with van der Waals surface area (Å²) in [4.78, 5) is 12.4. The number of nitrogens with zero attached hydrogens (tertiary/aromatic N) is 3. The van der Waals surface area contributed by atoms with Crippen molar-refractivity contribution in [2.24, 2.45) is 18.2 Å². The lowest BCUT2D eigenvalue weighted by atomic mass is 9.68. The summed E-state index contributed by atoms with van der Waals surface area (Å²) in [5.74, 6) is 0.787. The maximum absolute atomic E-state index is 12.4. The van der Waals surface area contributed by atoms with E-state index >= 15 is 0 Å². The maximum atomic E-state index is 12.4. The van der Waals surface area contributed by atoms with E-state index in [4.69, 9.17) is 5.73 Å². The third kappa shape index (κ3) is 2.42. The Morgan fingerprint density at radius 1 is 1.48 bits per heavy atom. The van der Waals surface area contributed by atoms with Crippen LogP contribution < -0.4 is 11.1 Å². The van der Waals surface area contributed by atoms with Gasteiger partial charge in [-0.25, -0.2) is 0 Å². The quantitative estimate of drug-likeness (QED) is 0.892. The smallest absolute Gasteiger partial charge is 0.231 e. The number of rotatable bonds is 4. The number of carbonyl (C=O) groups is 1. The standard InChI is InChI=1S/C15H19N5O/c1-20-10-17-19-13(20)11-4-2-5-12(8-11)18-14(21)15(9-16)6-3-7-15/h2,4-5,8,10H,3,6-7,9,16H2,1H3,(H,18,21). The fourth-order valence-corrected chi connectivity index (χ4v) is 2.67. The van der Waals surface area contributed by atoms with Crippen LogP contribution in [0.4, 0.5) is 5.69 Å². The van der Waals surface area contributed by atoms with Crippen LogP contribution in [0.2, 0.25) is 0 Å². The fourth-order valence-electron chi connectivity index (χ4n) is 2.67. The highest BCUT2D eigenvalue weighted by Gasteiger charge is 2.42. The summed E-state index contributed by atoms with van der Waals surface area (Å²) in [6, 6.07) is 7.63. The van der Waals surface area contributed by atoms with E-state index in [9.17, 15) is 4.79 Å². The van der Waals surface area contributed by atoms with Crippen LogP contribution in [0.3, 0.4) is 0 Å². The average Bonchev–Trinajstić information content (AvgIpc) is 2.85. The molecule has 3 N–H and O–H groups in total. The molecule has 1 aliphatic rings. The Bertz CT molecular complexity index is 654.